The summed E-state index contributed by atoms with van der Waals surface area (Å²) in [6, 6.07) is 0. The van der Waals surface area contributed by atoms with Gasteiger partial charge in [-0.05, 0) is 0 Å². The van der Waals surface area contributed by atoms with Gasteiger partial charge in [-0.3, -0.25) is 5.41 Å². The van der Waals surface area contributed by atoms with Crippen LogP contribution >= 0.6 is 12.6 Å². The van der Waals surface area contributed by atoms with Crippen molar-refractivity contribution in [3.63, 3.8) is 0 Å². The van der Waals surface area contributed by atoms with E-state index in [1.807, 2.05) is 0 Å². The zero-order chi connectivity index (χ0) is 5.86. The summed E-state index contributed by atoms with van der Waals surface area (Å²) in [6.07, 6.45) is 0. The molecule has 0 amide bonds. The molecule has 2 N–H and O–H groups in total. The molecule has 3 nitrogen and oxygen atoms in total. The Bertz CT molecular complexity index is 101. The Morgan fingerprint density at radius 1 is 1.86 bits per heavy atom. The van der Waals surface area contributed by atoms with Crippen LogP contribution in [0, 0.1) is 5.41 Å². The number of hydrogen-bond acceptors (Lipinski definition) is 3. The molecule has 0 aromatic heterocycles. The fourth-order valence-corrected chi connectivity index (χ4v) is 0.203. The van der Waals surface area contributed by atoms with Crippen LogP contribution in [0.15, 0.2) is 0 Å². The van der Waals surface area contributed by atoms with E-state index in [0.717, 1.165) is 0 Å². The van der Waals surface area contributed by atoms with Crippen molar-refractivity contribution in [2.45, 2.75) is 0 Å². The molecule has 0 bridgehead atoms. The van der Waals surface area contributed by atoms with E-state index in [4.69, 9.17) is 10.5 Å². The van der Waals surface area contributed by atoms with Gasteiger partial charge in [-0.2, -0.15) is 12.6 Å². The first kappa shape index (κ1) is 6.49. The van der Waals surface area contributed by atoms with Gasteiger partial charge >= 0.3 is 5.97 Å². The molecule has 4 heteroatoms. The van der Waals surface area contributed by atoms with Crippen LogP contribution in [0.4, 0.5) is 0 Å². The van der Waals surface area contributed by atoms with E-state index >= 15 is 0 Å². The molecule has 0 atom stereocenters. The smallest absolute Gasteiger partial charge is 0.350 e. The van der Waals surface area contributed by atoms with Crippen molar-refractivity contribution < 1.29 is 9.90 Å². The van der Waals surface area contributed by atoms with Gasteiger partial charge in [0, 0.05) is 5.75 Å². The van der Waals surface area contributed by atoms with Gasteiger partial charge in [0.25, 0.3) is 0 Å². The van der Waals surface area contributed by atoms with E-state index in [-0.39, 0.29) is 11.5 Å². The van der Waals surface area contributed by atoms with Crippen LogP contribution in [0.1, 0.15) is 0 Å². The molecule has 0 saturated carbocycles. The summed E-state index contributed by atoms with van der Waals surface area (Å²) in [7, 11) is 0. The maximum Gasteiger partial charge on any atom is 0.350 e. The topological polar surface area (TPSA) is 61.2 Å². The van der Waals surface area contributed by atoms with Gasteiger partial charge in [0.15, 0.2) is 0 Å². The first-order valence-corrected chi connectivity index (χ1v) is 2.23. The SMILES string of the molecule is N=C(CS)C(=O)O. The zero-order valence-corrected chi connectivity index (χ0v) is 4.40. The lowest BCUT2D eigenvalue weighted by Gasteiger charge is -1.84. The lowest BCUT2D eigenvalue weighted by atomic mass is 10.4. The first-order chi connectivity index (χ1) is 3.18. The minimum Gasteiger partial charge on any atom is -0.477 e. The summed E-state index contributed by atoms with van der Waals surface area (Å²) in [5.74, 6) is -1.20. The van der Waals surface area contributed by atoms with E-state index in [1.165, 1.54) is 0 Å². The van der Waals surface area contributed by atoms with Gasteiger partial charge in [0.2, 0.25) is 0 Å². The van der Waals surface area contributed by atoms with E-state index < -0.39 is 5.97 Å². The molecular formula is C3H5NO2S. The summed E-state index contributed by atoms with van der Waals surface area (Å²) >= 11 is 3.55. The summed E-state index contributed by atoms with van der Waals surface area (Å²) in [6.45, 7) is 0. The molecule has 0 aromatic carbocycles. The molecule has 0 saturated heterocycles. The summed E-state index contributed by atoms with van der Waals surface area (Å²) in [5.41, 5.74) is -0.372. The monoisotopic (exact) mass is 119 g/mol. The van der Waals surface area contributed by atoms with E-state index in [9.17, 15) is 4.79 Å². The summed E-state index contributed by atoms with van der Waals surface area (Å²) < 4.78 is 0. The Hall–Kier alpha value is -0.510. The number of carbonyl (C=O) groups is 1. The van der Waals surface area contributed by atoms with Gasteiger partial charge in [0.1, 0.15) is 5.71 Å². The zero-order valence-electron chi connectivity index (χ0n) is 3.51. The summed E-state index contributed by atoms with van der Waals surface area (Å²) in [4.78, 5) is 9.66. The fourth-order valence-electron chi connectivity index (χ4n) is 0.0676. The second-order valence-corrected chi connectivity index (χ2v) is 1.26. The molecule has 0 aliphatic carbocycles. The molecule has 0 radical (unpaired) electrons. The van der Waals surface area contributed by atoms with Crippen molar-refractivity contribution in [3.05, 3.63) is 0 Å². The Kier molecular flexibility index (Phi) is 2.44. The van der Waals surface area contributed by atoms with Crippen LogP contribution in [-0.2, 0) is 4.79 Å². The molecule has 0 aromatic rings. The minimum absolute atomic E-state index is 0.00463. The van der Waals surface area contributed by atoms with Crippen LogP contribution in [0.25, 0.3) is 0 Å². The second-order valence-electron chi connectivity index (χ2n) is 0.942. The number of rotatable bonds is 2. The van der Waals surface area contributed by atoms with Gasteiger partial charge in [0.05, 0.1) is 0 Å². The van der Waals surface area contributed by atoms with Crippen LogP contribution in [0.3, 0.4) is 0 Å². The predicted molar refractivity (Wildman–Crippen MR) is 29.2 cm³/mol. The van der Waals surface area contributed by atoms with Crippen molar-refractivity contribution in [1.82, 2.24) is 0 Å². The van der Waals surface area contributed by atoms with Gasteiger partial charge in [-0.1, -0.05) is 0 Å². The lowest BCUT2D eigenvalue weighted by Crippen LogP contribution is -2.11. The molecule has 7 heavy (non-hydrogen) atoms. The highest BCUT2D eigenvalue weighted by Gasteiger charge is 2.00. The van der Waals surface area contributed by atoms with Crippen molar-refractivity contribution in [2.24, 2.45) is 0 Å². The number of nitrogens with one attached hydrogen (secondary N) is 1. The molecule has 0 unspecified atom stereocenters. The maximum atomic E-state index is 9.66. The number of carboxylic acid groups (broad SMARTS) is 1. The maximum absolute atomic E-state index is 9.66. The Labute approximate surface area is 46.3 Å². The van der Waals surface area contributed by atoms with Crippen molar-refractivity contribution in [2.75, 3.05) is 5.75 Å². The van der Waals surface area contributed by atoms with Gasteiger partial charge in [-0.15, -0.1) is 0 Å². The van der Waals surface area contributed by atoms with Crippen LogP contribution in [0.5, 0.6) is 0 Å². The first-order valence-electron chi connectivity index (χ1n) is 1.60. The van der Waals surface area contributed by atoms with Crippen molar-refractivity contribution in [3.8, 4) is 0 Å². The van der Waals surface area contributed by atoms with Gasteiger partial charge < -0.3 is 5.11 Å². The summed E-state index contributed by atoms with van der Waals surface area (Å²) in [5, 5.41) is 14.4. The van der Waals surface area contributed by atoms with E-state index in [1.54, 1.807) is 0 Å². The number of thiol groups is 1. The van der Waals surface area contributed by atoms with E-state index in [0.29, 0.717) is 0 Å². The molecule has 0 spiro atoms. The largest absolute Gasteiger partial charge is 0.477 e. The molecule has 0 rings (SSSR count). The number of hydrogen-bond donors (Lipinski definition) is 3. The second kappa shape index (κ2) is 2.63. The van der Waals surface area contributed by atoms with Crippen LogP contribution < -0.4 is 0 Å². The standard InChI is InChI=1S/C3H5NO2S/c4-2(1-7)3(5)6/h4,7H,1H2,(H,5,6). The third-order valence-electron chi connectivity index (χ3n) is 0.416. The Morgan fingerprint density at radius 2 is 2.29 bits per heavy atom. The third kappa shape index (κ3) is 2.22. The average Bonchev–Trinajstić information content (AvgIpc) is 1.65. The highest BCUT2D eigenvalue weighted by Crippen LogP contribution is 1.76. The average molecular weight is 119 g/mol. The molecule has 0 aliphatic heterocycles. The van der Waals surface area contributed by atoms with E-state index in [2.05, 4.69) is 12.6 Å². The molecule has 0 heterocycles. The van der Waals surface area contributed by atoms with Crippen molar-refractivity contribution in [1.29, 1.82) is 5.41 Å². The fraction of sp³-hybridized carbons (Fsp3) is 0.333. The molecule has 40 valence electrons. The quantitative estimate of drug-likeness (QED) is 0.354. The number of aliphatic carboxylic acids is 1. The normalized spacial score (nSPS) is 8.14. The Morgan fingerprint density at radius 3 is 2.29 bits per heavy atom. The number of carboxylic acids is 1. The third-order valence-corrected chi connectivity index (χ3v) is 0.733. The molecular weight excluding hydrogens is 114 g/mol. The molecule has 0 aliphatic rings. The van der Waals surface area contributed by atoms with Gasteiger partial charge in [-0.25, -0.2) is 4.79 Å². The highest BCUT2D eigenvalue weighted by molar-refractivity contribution is 7.81. The highest BCUT2D eigenvalue weighted by atomic mass is 32.1. The van der Waals surface area contributed by atoms with Crippen molar-refractivity contribution >= 4 is 24.3 Å². The lowest BCUT2D eigenvalue weighted by molar-refractivity contribution is -0.129. The molecule has 0 fully saturated rings. The minimum atomic E-state index is -1.20. The van der Waals surface area contributed by atoms with Crippen LogP contribution in [0.2, 0.25) is 0 Å². The van der Waals surface area contributed by atoms with Crippen LogP contribution in [-0.4, -0.2) is 22.5 Å². The predicted octanol–water partition coefficient (Wildman–Crippen LogP) is 0.0206. The Balaban J connectivity index is 3.58.